The van der Waals surface area contributed by atoms with Crippen LogP contribution in [0.5, 0.6) is 0 Å². The normalized spacial score (nSPS) is 10.5. The van der Waals surface area contributed by atoms with Crippen LogP contribution in [0.15, 0.2) is 18.3 Å². The molecule has 0 N–H and O–H groups in total. The van der Waals surface area contributed by atoms with E-state index >= 15 is 0 Å². The molecule has 0 bridgehead atoms. The lowest BCUT2D eigenvalue weighted by Gasteiger charge is -2.27. The predicted molar refractivity (Wildman–Crippen MR) is 65.1 cm³/mol. The van der Waals surface area contributed by atoms with Crippen molar-refractivity contribution in [2.45, 2.75) is 26.8 Å². The minimum atomic E-state index is 0.530. The number of anilines is 1. The second-order valence-electron chi connectivity index (χ2n) is 3.19. The molecule has 1 rings (SSSR count). The first-order chi connectivity index (χ1) is 6.16. The predicted octanol–water partition coefficient (Wildman–Crippen LogP) is 2.92. The van der Waals surface area contributed by atoms with Gasteiger partial charge in [-0.25, -0.2) is 4.98 Å². The molecule has 72 valence electrons. The number of hydrogen-bond acceptors (Lipinski definition) is 2. The topological polar surface area (TPSA) is 16.1 Å². The zero-order valence-electron chi connectivity index (χ0n) is 8.29. The molecule has 0 fully saturated rings. The van der Waals surface area contributed by atoms with Gasteiger partial charge in [0.2, 0.25) is 0 Å². The fraction of sp³-hybridized carbons (Fsp3) is 0.500. The van der Waals surface area contributed by atoms with Gasteiger partial charge in [-0.2, -0.15) is 0 Å². The highest BCUT2D eigenvalue weighted by atomic mass is 127. The molecule has 0 saturated carbocycles. The largest absolute Gasteiger partial charge is 0.367 e. The molecule has 3 heteroatoms. The number of pyridine rings is 1. The summed E-state index contributed by atoms with van der Waals surface area (Å²) in [5.41, 5.74) is 1.24. The molecule has 2 nitrogen and oxygen atoms in total. The van der Waals surface area contributed by atoms with Crippen molar-refractivity contribution in [2.75, 3.05) is 11.4 Å². The van der Waals surface area contributed by atoms with Crippen molar-refractivity contribution in [1.29, 1.82) is 0 Å². The number of halogens is 1. The third-order valence-corrected chi connectivity index (χ3v) is 2.84. The zero-order valence-corrected chi connectivity index (χ0v) is 10.4. The first-order valence-electron chi connectivity index (χ1n) is 4.54. The van der Waals surface area contributed by atoms with Crippen molar-refractivity contribution in [3.05, 3.63) is 22.0 Å². The second-order valence-corrected chi connectivity index (χ2v) is 4.21. The minimum absolute atomic E-state index is 0.530. The van der Waals surface area contributed by atoms with Crippen molar-refractivity contribution in [1.82, 2.24) is 4.98 Å². The van der Waals surface area contributed by atoms with Crippen LogP contribution < -0.4 is 4.90 Å². The van der Waals surface area contributed by atoms with Crippen molar-refractivity contribution in [2.24, 2.45) is 0 Å². The summed E-state index contributed by atoms with van der Waals surface area (Å²) >= 11 is 2.28. The lowest BCUT2D eigenvalue weighted by molar-refractivity contribution is 0.700. The standard InChI is InChI=1S/C10H15IN2/c1-4-13(8(2)3)9-6-5-7-12-10(9)11/h5-8H,4H2,1-3H3. The fourth-order valence-corrected chi connectivity index (χ4v) is 2.06. The van der Waals surface area contributed by atoms with E-state index in [1.54, 1.807) is 0 Å². The molecule has 0 amide bonds. The van der Waals surface area contributed by atoms with Gasteiger partial charge in [0.25, 0.3) is 0 Å². The Labute approximate surface area is 93.5 Å². The van der Waals surface area contributed by atoms with E-state index in [1.165, 1.54) is 5.69 Å². The van der Waals surface area contributed by atoms with Gasteiger partial charge in [0.1, 0.15) is 3.70 Å². The Balaban J connectivity index is 2.97. The Morgan fingerprint density at radius 2 is 2.23 bits per heavy atom. The van der Waals surface area contributed by atoms with Crippen molar-refractivity contribution >= 4 is 28.3 Å². The molecule has 0 aliphatic rings. The van der Waals surface area contributed by atoms with Gasteiger partial charge in [0.05, 0.1) is 5.69 Å². The van der Waals surface area contributed by atoms with Crippen LogP contribution in [0, 0.1) is 3.70 Å². The Bertz CT molecular complexity index is 273. The van der Waals surface area contributed by atoms with Crippen LogP contribution in [0.4, 0.5) is 5.69 Å². The highest BCUT2D eigenvalue weighted by Crippen LogP contribution is 2.21. The SMILES string of the molecule is CCN(c1cccnc1I)C(C)C. The average molecular weight is 290 g/mol. The summed E-state index contributed by atoms with van der Waals surface area (Å²) in [6.07, 6.45) is 1.83. The van der Waals surface area contributed by atoms with Crippen molar-refractivity contribution < 1.29 is 0 Å². The Morgan fingerprint density at radius 3 is 2.69 bits per heavy atom. The maximum absolute atomic E-state index is 4.28. The summed E-state index contributed by atoms with van der Waals surface area (Å²) in [5, 5.41) is 0. The van der Waals surface area contributed by atoms with Crippen LogP contribution in [0.25, 0.3) is 0 Å². The van der Waals surface area contributed by atoms with Gasteiger partial charge in [0.15, 0.2) is 0 Å². The van der Waals surface area contributed by atoms with Crippen LogP contribution in [0.3, 0.4) is 0 Å². The number of aromatic nitrogens is 1. The summed E-state index contributed by atoms with van der Waals surface area (Å²) in [5.74, 6) is 0. The van der Waals surface area contributed by atoms with Gasteiger partial charge < -0.3 is 4.90 Å². The summed E-state index contributed by atoms with van der Waals surface area (Å²) in [4.78, 5) is 6.62. The molecule has 1 aromatic rings. The molecule has 0 saturated heterocycles. The molecule has 1 heterocycles. The quantitative estimate of drug-likeness (QED) is 0.628. The van der Waals surface area contributed by atoms with Gasteiger partial charge >= 0.3 is 0 Å². The van der Waals surface area contributed by atoms with E-state index in [0.717, 1.165) is 10.2 Å². The Kier molecular flexibility index (Phi) is 3.96. The van der Waals surface area contributed by atoms with Gasteiger partial charge in [0, 0.05) is 18.8 Å². The summed E-state index contributed by atoms with van der Waals surface area (Å²) < 4.78 is 1.08. The van der Waals surface area contributed by atoms with Gasteiger partial charge in [-0.1, -0.05) is 0 Å². The molecule has 0 aliphatic carbocycles. The molecule has 0 aromatic carbocycles. The zero-order chi connectivity index (χ0) is 9.84. The molecule has 0 atom stereocenters. The average Bonchev–Trinajstić information content (AvgIpc) is 2.09. The molecule has 1 aromatic heterocycles. The smallest absolute Gasteiger partial charge is 0.124 e. The third-order valence-electron chi connectivity index (χ3n) is 2.01. The second kappa shape index (κ2) is 4.79. The van der Waals surface area contributed by atoms with E-state index in [9.17, 15) is 0 Å². The van der Waals surface area contributed by atoms with E-state index in [-0.39, 0.29) is 0 Å². The van der Waals surface area contributed by atoms with E-state index < -0.39 is 0 Å². The lowest BCUT2D eigenvalue weighted by Crippen LogP contribution is -2.31. The van der Waals surface area contributed by atoms with E-state index in [2.05, 4.69) is 59.3 Å². The summed E-state index contributed by atoms with van der Waals surface area (Å²) in [6, 6.07) is 4.64. The lowest BCUT2D eigenvalue weighted by atomic mass is 10.3. The highest BCUT2D eigenvalue weighted by Gasteiger charge is 2.10. The Morgan fingerprint density at radius 1 is 1.54 bits per heavy atom. The number of rotatable bonds is 3. The van der Waals surface area contributed by atoms with Crippen LogP contribution >= 0.6 is 22.6 Å². The first-order valence-corrected chi connectivity index (χ1v) is 5.61. The third kappa shape index (κ3) is 2.56. The van der Waals surface area contributed by atoms with Gasteiger partial charge in [-0.15, -0.1) is 0 Å². The van der Waals surface area contributed by atoms with E-state index in [0.29, 0.717) is 6.04 Å². The fourth-order valence-electron chi connectivity index (χ4n) is 1.41. The Hall–Kier alpha value is -0.320. The maximum Gasteiger partial charge on any atom is 0.124 e. The molecular weight excluding hydrogens is 275 g/mol. The maximum atomic E-state index is 4.28. The van der Waals surface area contributed by atoms with E-state index in [1.807, 2.05) is 12.3 Å². The monoisotopic (exact) mass is 290 g/mol. The number of nitrogens with zero attached hydrogens (tertiary/aromatic N) is 2. The molecule has 13 heavy (non-hydrogen) atoms. The molecule has 0 unspecified atom stereocenters. The molecule has 0 aliphatic heterocycles. The van der Waals surface area contributed by atoms with Crippen LogP contribution in [-0.2, 0) is 0 Å². The van der Waals surface area contributed by atoms with Crippen molar-refractivity contribution in [3.63, 3.8) is 0 Å². The minimum Gasteiger partial charge on any atom is -0.367 e. The van der Waals surface area contributed by atoms with Gasteiger partial charge in [-0.05, 0) is 55.5 Å². The number of hydrogen-bond donors (Lipinski definition) is 0. The van der Waals surface area contributed by atoms with E-state index in [4.69, 9.17) is 0 Å². The molecule has 0 radical (unpaired) electrons. The van der Waals surface area contributed by atoms with Gasteiger partial charge in [-0.3, -0.25) is 0 Å². The first kappa shape index (κ1) is 10.8. The summed E-state index contributed by atoms with van der Waals surface area (Å²) in [6.45, 7) is 7.60. The summed E-state index contributed by atoms with van der Waals surface area (Å²) in [7, 11) is 0. The van der Waals surface area contributed by atoms with Crippen molar-refractivity contribution in [3.8, 4) is 0 Å². The van der Waals surface area contributed by atoms with Crippen LogP contribution in [0.1, 0.15) is 20.8 Å². The molecular formula is C10H15IN2. The molecule has 0 spiro atoms. The van der Waals surface area contributed by atoms with Crippen LogP contribution in [0.2, 0.25) is 0 Å². The van der Waals surface area contributed by atoms with Crippen LogP contribution in [-0.4, -0.2) is 17.6 Å². The highest BCUT2D eigenvalue weighted by molar-refractivity contribution is 14.1.